The third kappa shape index (κ3) is 3.03. The van der Waals surface area contributed by atoms with Crippen molar-refractivity contribution in [3.8, 4) is 0 Å². The molecule has 0 saturated carbocycles. The number of nitrogens with one attached hydrogen (secondary N) is 1. The van der Waals surface area contributed by atoms with Crippen LogP contribution in [0.2, 0.25) is 0 Å². The van der Waals surface area contributed by atoms with Crippen LogP contribution < -0.4 is 5.32 Å². The minimum atomic E-state index is 0.397. The fourth-order valence-corrected chi connectivity index (χ4v) is 2.20. The van der Waals surface area contributed by atoms with Crippen molar-refractivity contribution < 1.29 is 0 Å². The third-order valence-electron chi connectivity index (χ3n) is 3.75. The van der Waals surface area contributed by atoms with E-state index in [2.05, 4.69) is 54.8 Å². The fraction of sp³-hybridized carbons (Fsp3) is 0.600. The van der Waals surface area contributed by atoms with E-state index in [-0.39, 0.29) is 0 Å². The molecule has 0 radical (unpaired) electrons. The summed E-state index contributed by atoms with van der Waals surface area (Å²) in [5.74, 6) is 0.919. The van der Waals surface area contributed by atoms with Gasteiger partial charge in [-0.3, -0.25) is 9.36 Å². The van der Waals surface area contributed by atoms with Crippen LogP contribution in [0.3, 0.4) is 0 Å². The molecule has 0 amide bonds. The number of anilines is 1. The summed E-state index contributed by atoms with van der Waals surface area (Å²) in [4.78, 5) is 0. The first kappa shape index (κ1) is 14.6. The minimum absolute atomic E-state index is 0.397. The highest BCUT2D eigenvalue weighted by atomic mass is 15.3. The predicted octanol–water partition coefficient (Wildman–Crippen LogP) is 3.55. The molecule has 0 aromatic carbocycles. The number of aromatic nitrogens is 4. The molecule has 2 aromatic rings. The molecule has 0 aliphatic rings. The van der Waals surface area contributed by atoms with Crippen LogP contribution in [0.1, 0.15) is 57.5 Å². The first-order valence-corrected chi connectivity index (χ1v) is 7.35. The van der Waals surface area contributed by atoms with E-state index in [0.29, 0.717) is 12.1 Å². The lowest BCUT2D eigenvalue weighted by molar-refractivity contribution is 0.479. The van der Waals surface area contributed by atoms with Crippen molar-refractivity contribution in [1.82, 2.24) is 19.6 Å². The zero-order chi connectivity index (χ0) is 14.7. The Morgan fingerprint density at radius 3 is 2.65 bits per heavy atom. The standard InChI is InChI=1S/C15H25N5/c1-6-12(4)19-8-7-15(18-19)16-9-14-10-17-20(11(2)3)13(14)5/h7-8,10-12H,6,9H2,1-5H3,(H,16,18)/t12-/m1/s1. The maximum atomic E-state index is 4.55. The molecule has 0 bridgehead atoms. The Morgan fingerprint density at radius 2 is 2.05 bits per heavy atom. The second-order valence-corrected chi connectivity index (χ2v) is 5.59. The van der Waals surface area contributed by atoms with Crippen LogP contribution in [0.4, 0.5) is 5.82 Å². The largest absolute Gasteiger partial charge is 0.364 e. The first-order chi connectivity index (χ1) is 9.52. The van der Waals surface area contributed by atoms with Crippen molar-refractivity contribution in [3.05, 3.63) is 29.7 Å². The number of hydrogen-bond acceptors (Lipinski definition) is 3. The molecule has 0 unspecified atom stereocenters. The Labute approximate surface area is 121 Å². The van der Waals surface area contributed by atoms with Crippen LogP contribution >= 0.6 is 0 Å². The summed E-state index contributed by atoms with van der Waals surface area (Å²) in [6.07, 6.45) is 5.05. The summed E-state index contributed by atoms with van der Waals surface area (Å²) < 4.78 is 4.06. The number of hydrogen-bond donors (Lipinski definition) is 1. The van der Waals surface area contributed by atoms with Crippen molar-refractivity contribution >= 4 is 5.82 Å². The monoisotopic (exact) mass is 275 g/mol. The van der Waals surface area contributed by atoms with E-state index >= 15 is 0 Å². The van der Waals surface area contributed by atoms with Crippen molar-refractivity contribution in [2.75, 3.05) is 5.32 Å². The molecule has 5 nitrogen and oxygen atoms in total. The SMILES string of the molecule is CC[C@@H](C)n1ccc(NCc2cnn(C(C)C)c2C)n1. The van der Waals surface area contributed by atoms with Crippen LogP contribution in [0.25, 0.3) is 0 Å². The third-order valence-corrected chi connectivity index (χ3v) is 3.75. The van der Waals surface area contributed by atoms with Crippen molar-refractivity contribution in [2.24, 2.45) is 0 Å². The maximum Gasteiger partial charge on any atom is 0.148 e. The van der Waals surface area contributed by atoms with Gasteiger partial charge in [-0.15, -0.1) is 0 Å². The molecule has 0 spiro atoms. The molecule has 5 heteroatoms. The molecule has 1 N–H and O–H groups in total. The van der Waals surface area contributed by atoms with Gasteiger partial charge in [0.15, 0.2) is 0 Å². The van der Waals surface area contributed by atoms with Crippen LogP contribution in [0, 0.1) is 6.92 Å². The van der Waals surface area contributed by atoms with Gasteiger partial charge in [0.2, 0.25) is 0 Å². The van der Waals surface area contributed by atoms with E-state index in [1.807, 2.05) is 23.1 Å². The molecule has 2 heterocycles. The zero-order valence-electron chi connectivity index (χ0n) is 13.1. The molecular weight excluding hydrogens is 250 g/mol. The van der Waals surface area contributed by atoms with Gasteiger partial charge in [0.25, 0.3) is 0 Å². The molecule has 2 aromatic heterocycles. The summed E-state index contributed by atoms with van der Waals surface area (Å²) in [5, 5.41) is 12.3. The Morgan fingerprint density at radius 1 is 1.30 bits per heavy atom. The van der Waals surface area contributed by atoms with Gasteiger partial charge in [0, 0.05) is 42.1 Å². The predicted molar refractivity (Wildman–Crippen MR) is 81.9 cm³/mol. The van der Waals surface area contributed by atoms with E-state index in [4.69, 9.17) is 0 Å². The van der Waals surface area contributed by atoms with Crippen molar-refractivity contribution in [3.63, 3.8) is 0 Å². The highest BCUT2D eigenvalue weighted by Gasteiger charge is 2.09. The average molecular weight is 275 g/mol. The molecule has 0 aliphatic carbocycles. The van der Waals surface area contributed by atoms with Crippen LogP contribution in [-0.4, -0.2) is 19.6 Å². The van der Waals surface area contributed by atoms with E-state index in [1.165, 1.54) is 11.3 Å². The Balaban J connectivity index is 2.00. The second-order valence-electron chi connectivity index (χ2n) is 5.59. The molecule has 0 saturated heterocycles. The van der Waals surface area contributed by atoms with Gasteiger partial charge in [0.05, 0.1) is 6.20 Å². The first-order valence-electron chi connectivity index (χ1n) is 7.35. The van der Waals surface area contributed by atoms with Crippen LogP contribution in [0.15, 0.2) is 18.5 Å². The van der Waals surface area contributed by atoms with Crippen LogP contribution in [0.5, 0.6) is 0 Å². The van der Waals surface area contributed by atoms with Gasteiger partial charge < -0.3 is 5.32 Å². The van der Waals surface area contributed by atoms with Gasteiger partial charge in [-0.1, -0.05) is 6.92 Å². The van der Waals surface area contributed by atoms with Gasteiger partial charge in [-0.2, -0.15) is 10.2 Å². The highest BCUT2D eigenvalue weighted by molar-refractivity contribution is 5.34. The Bertz CT molecular complexity index is 552. The quantitative estimate of drug-likeness (QED) is 0.877. The summed E-state index contributed by atoms with van der Waals surface area (Å²) in [7, 11) is 0. The molecular formula is C15H25N5. The molecule has 1 atom stereocenters. The lowest BCUT2D eigenvalue weighted by Crippen LogP contribution is -2.07. The van der Waals surface area contributed by atoms with Crippen molar-refractivity contribution in [1.29, 1.82) is 0 Å². The van der Waals surface area contributed by atoms with E-state index in [1.54, 1.807) is 0 Å². The molecule has 0 fully saturated rings. The summed E-state index contributed by atoms with van der Waals surface area (Å²) in [6.45, 7) is 11.5. The fourth-order valence-electron chi connectivity index (χ4n) is 2.20. The van der Waals surface area contributed by atoms with E-state index < -0.39 is 0 Å². The van der Waals surface area contributed by atoms with Gasteiger partial charge in [0.1, 0.15) is 5.82 Å². The minimum Gasteiger partial charge on any atom is -0.364 e. The van der Waals surface area contributed by atoms with Crippen molar-refractivity contribution in [2.45, 2.75) is 59.7 Å². The highest BCUT2D eigenvalue weighted by Crippen LogP contribution is 2.15. The average Bonchev–Trinajstić information content (AvgIpc) is 3.02. The summed E-state index contributed by atoms with van der Waals surface area (Å²) >= 11 is 0. The van der Waals surface area contributed by atoms with Gasteiger partial charge in [-0.25, -0.2) is 0 Å². The Kier molecular flexibility index (Phi) is 4.47. The maximum absolute atomic E-state index is 4.55. The van der Waals surface area contributed by atoms with Gasteiger partial charge >= 0.3 is 0 Å². The number of nitrogens with zero attached hydrogens (tertiary/aromatic N) is 4. The Hall–Kier alpha value is -1.78. The smallest absolute Gasteiger partial charge is 0.148 e. The summed E-state index contributed by atoms with van der Waals surface area (Å²) in [6, 6.07) is 2.86. The van der Waals surface area contributed by atoms with Gasteiger partial charge in [-0.05, 0) is 34.1 Å². The molecule has 20 heavy (non-hydrogen) atoms. The molecule has 0 aliphatic heterocycles. The molecule has 110 valence electrons. The zero-order valence-corrected chi connectivity index (χ0v) is 13.1. The number of rotatable bonds is 6. The van der Waals surface area contributed by atoms with E-state index in [0.717, 1.165) is 18.8 Å². The second kappa shape index (κ2) is 6.11. The lowest BCUT2D eigenvalue weighted by Gasteiger charge is -2.09. The van der Waals surface area contributed by atoms with Crippen LogP contribution in [-0.2, 0) is 6.54 Å². The lowest BCUT2D eigenvalue weighted by atomic mass is 10.2. The van der Waals surface area contributed by atoms with E-state index in [9.17, 15) is 0 Å². The normalized spacial score (nSPS) is 12.9. The topological polar surface area (TPSA) is 47.7 Å². The summed E-state index contributed by atoms with van der Waals surface area (Å²) in [5.41, 5.74) is 2.44. The molecule has 2 rings (SSSR count).